The van der Waals surface area contributed by atoms with Gasteiger partial charge in [-0.25, -0.2) is 9.97 Å². The minimum Gasteiger partial charge on any atom is -0.472 e. The lowest BCUT2D eigenvalue weighted by Crippen LogP contribution is -2.19. The summed E-state index contributed by atoms with van der Waals surface area (Å²) < 4.78 is 15.2. The quantitative estimate of drug-likeness (QED) is 0.482. The summed E-state index contributed by atoms with van der Waals surface area (Å²) in [5.41, 5.74) is 4.06. The third-order valence-corrected chi connectivity index (χ3v) is 5.85. The third kappa shape index (κ3) is 3.67. The van der Waals surface area contributed by atoms with E-state index in [0.29, 0.717) is 24.7 Å². The molecule has 4 aromatic rings. The minimum atomic E-state index is -0.0983. The summed E-state index contributed by atoms with van der Waals surface area (Å²) in [4.78, 5) is 26.2. The van der Waals surface area contributed by atoms with Gasteiger partial charge in [0.2, 0.25) is 5.88 Å². The van der Waals surface area contributed by atoms with Gasteiger partial charge in [0, 0.05) is 43.1 Å². The number of aryl methyl sites for hydroxylation is 2. The van der Waals surface area contributed by atoms with E-state index in [1.54, 1.807) is 24.0 Å². The summed E-state index contributed by atoms with van der Waals surface area (Å²) in [6, 6.07) is 9.59. The predicted octanol–water partition coefficient (Wildman–Crippen LogP) is 3.28. The van der Waals surface area contributed by atoms with Crippen molar-refractivity contribution in [2.75, 3.05) is 13.2 Å². The van der Waals surface area contributed by atoms with Gasteiger partial charge in [0.05, 0.1) is 36.7 Å². The highest BCUT2D eigenvalue weighted by molar-refractivity contribution is 5.81. The number of hydrogen-bond donors (Lipinski definition) is 0. The van der Waals surface area contributed by atoms with Gasteiger partial charge in [-0.1, -0.05) is 6.07 Å². The Hall–Kier alpha value is -3.52. The lowest BCUT2D eigenvalue weighted by molar-refractivity contribution is 0.138. The molecule has 5 rings (SSSR count). The van der Waals surface area contributed by atoms with Crippen molar-refractivity contribution in [1.29, 1.82) is 0 Å². The van der Waals surface area contributed by atoms with Crippen molar-refractivity contribution in [2.24, 2.45) is 7.05 Å². The molecule has 32 heavy (non-hydrogen) atoms. The minimum absolute atomic E-state index is 0.00954. The van der Waals surface area contributed by atoms with Crippen LogP contribution in [0, 0.1) is 6.92 Å². The summed E-state index contributed by atoms with van der Waals surface area (Å²) in [5, 5.41) is 0. The van der Waals surface area contributed by atoms with Gasteiger partial charge < -0.3 is 18.6 Å². The molecule has 0 bridgehead atoms. The summed E-state index contributed by atoms with van der Waals surface area (Å²) >= 11 is 0. The van der Waals surface area contributed by atoms with Gasteiger partial charge in [-0.15, -0.1) is 0 Å². The van der Waals surface area contributed by atoms with Gasteiger partial charge in [-0.2, -0.15) is 0 Å². The summed E-state index contributed by atoms with van der Waals surface area (Å²) in [6.07, 6.45) is 6.21. The molecule has 0 spiro atoms. The topological polar surface area (TPSA) is 84.1 Å². The van der Waals surface area contributed by atoms with Gasteiger partial charge in [0.1, 0.15) is 17.4 Å². The zero-order valence-electron chi connectivity index (χ0n) is 18.4. The molecule has 1 saturated heterocycles. The van der Waals surface area contributed by atoms with Crippen LogP contribution >= 0.6 is 0 Å². The average molecular weight is 431 g/mol. The molecule has 5 heterocycles. The largest absolute Gasteiger partial charge is 0.472 e. The van der Waals surface area contributed by atoms with Crippen molar-refractivity contribution in [2.45, 2.75) is 32.4 Å². The second-order valence-electron chi connectivity index (χ2n) is 8.18. The second-order valence-corrected chi connectivity index (χ2v) is 8.18. The molecule has 4 aromatic heterocycles. The number of ether oxygens (including phenoxy) is 2. The van der Waals surface area contributed by atoms with Crippen molar-refractivity contribution in [1.82, 2.24) is 24.1 Å². The molecule has 0 amide bonds. The van der Waals surface area contributed by atoms with E-state index in [1.165, 1.54) is 0 Å². The SMILES string of the molecule is Cc1cc(-c2nc3cnc(OC4CCOC4)cc3n2C(C)c2ccccn2)cn(C)c1=O. The van der Waals surface area contributed by atoms with Crippen LogP contribution in [0.25, 0.3) is 22.4 Å². The molecule has 0 aromatic carbocycles. The summed E-state index contributed by atoms with van der Waals surface area (Å²) in [6.45, 7) is 5.19. The lowest BCUT2D eigenvalue weighted by atomic mass is 10.1. The fourth-order valence-electron chi connectivity index (χ4n) is 4.17. The Kier molecular flexibility index (Phi) is 5.22. The Balaban J connectivity index is 1.69. The molecule has 0 radical (unpaired) electrons. The summed E-state index contributed by atoms with van der Waals surface area (Å²) in [5.74, 6) is 1.30. The molecule has 2 unspecified atom stereocenters. The van der Waals surface area contributed by atoms with E-state index in [1.807, 2.05) is 43.5 Å². The Morgan fingerprint density at radius 1 is 1.25 bits per heavy atom. The van der Waals surface area contributed by atoms with E-state index >= 15 is 0 Å². The highest BCUT2D eigenvalue weighted by atomic mass is 16.5. The fraction of sp³-hybridized carbons (Fsp3) is 0.333. The van der Waals surface area contributed by atoms with E-state index in [9.17, 15) is 4.79 Å². The molecule has 1 aliphatic rings. The first-order chi connectivity index (χ1) is 15.5. The smallest absolute Gasteiger partial charge is 0.253 e. The predicted molar refractivity (Wildman–Crippen MR) is 121 cm³/mol. The first kappa shape index (κ1) is 20.4. The van der Waals surface area contributed by atoms with Crippen LogP contribution < -0.4 is 10.3 Å². The first-order valence-electron chi connectivity index (χ1n) is 10.7. The van der Waals surface area contributed by atoms with Crippen LogP contribution in [0.1, 0.15) is 30.6 Å². The van der Waals surface area contributed by atoms with Crippen LogP contribution in [0.4, 0.5) is 0 Å². The van der Waals surface area contributed by atoms with Crippen molar-refractivity contribution >= 4 is 11.0 Å². The Labute approximate surface area is 185 Å². The Morgan fingerprint density at radius 3 is 2.84 bits per heavy atom. The van der Waals surface area contributed by atoms with Gasteiger partial charge >= 0.3 is 0 Å². The van der Waals surface area contributed by atoms with E-state index in [4.69, 9.17) is 14.5 Å². The van der Waals surface area contributed by atoms with E-state index in [-0.39, 0.29) is 17.7 Å². The number of imidazole rings is 1. The average Bonchev–Trinajstić information content (AvgIpc) is 3.45. The van der Waals surface area contributed by atoms with Gasteiger partial charge in [0.25, 0.3) is 5.56 Å². The van der Waals surface area contributed by atoms with Crippen LogP contribution in [-0.4, -0.2) is 43.4 Å². The third-order valence-electron chi connectivity index (χ3n) is 5.85. The maximum atomic E-state index is 12.3. The zero-order valence-corrected chi connectivity index (χ0v) is 18.4. The molecule has 0 saturated carbocycles. The van der Waals surface area contributed by atoms with E-state index in [0.717, 1.165) is 34.5 Å². The number of hydrogen-bond acceptors (Lipinski definition) is 6. The molecular formula is C24H25N5O3. The fourth-order valence-corrected chi connectivity index (χ4v) is 4.17. The van der Waals surface area contributed by atoms with Crippen molar-refractivity contribution < 1.29 is 9.47 Å². The molecule has 8 nitrogen and oxygen atoms in total. The van der Waals surface area contributed by atoms with E-state index in [2.05, 4.69) is 21.5 Å². The van der Waals surface area contributed by atoms with Crippen LogP contribution in [0.3, 0.4) is 0 Å². The number of aromatic nitrogens is 5. The van der Waals surface area contributed by atoms with Gasteiger partial charge in [-0.05, 0) is 32.0 Å². The summed E-state index contributed by atoms with van der Waals surface area (Å²) in [7, 11) is 1.76. The Morgan fingerprint density at radius 2 is 2.12 bits per heavy atom. The second kappa shape index (κ2) is 8.20. The van der Waals surface area contributed by atoms with Crippen molar-refractivity contribution in [3.63, 3.8) is 0 Å². The van der Waals surface area contributed by atoms with Crippen LogP contribution in [0.5, 0.6) is 5.88 Å². The van der Waals surface area contributed by atoms with Crippen LogP contribution in [-0.2, 0) is 11.8 Å². The maximum Gasteiger partial charge on any atom is 0.253 e. The Bertz CT molecular complexity index is 1300. The van der Waals surface area contributed by atoms with Gasteiger partial charge in [0.15, 0.2) is 0 Å². The number of rotatable bonds is 5. The number of fused-ring (bicyclic) bond motifs is 1. The molecule has 8 heteroatoms. The molecule has 1 fully saturated rings. The zero-order chi connectivity index (χ0) is 22.2. The first-order valence-corrected chi connectivity index (χ1v) is 10.7. The lowest BCUT2D eigenvalue weighted by Gasteiger charge is -2.18. The molecule has 0 aliphatic carbocycles. The number of pyridine rings is 3. The standard InChI is InChI=1S/C24H25N5O3/c1-15-10-17(13-28(3)24(15)30)23-27-20-12-26-22(32-18-7-9-31-14-18)11-21(20)29(23)16(2)19-6-4-5-8-25-19/h4-6,8,10-13,16,18H,7,9,14H2,1-3H3. The van der Waals surface area contributed by atoms with Crippen LogP contribution in [0.2, 0.25) is 0 Å². The van der Waals surface area contributed by atoms with Crippen LogP contribution in [0.15, 0.2) is 53.7 Å². The van der Waals surface area contributed by atoms with E-state index < -0.39 is 0 Å². The maximum absolute atomic E-state index is 12.3. The number of nitrogens with zero attached hydrogens (tertiary/aromatic N) is 5. The monoisotopic (exact) mass is 431 g/mol. The highest BCUT2D eigenvalue weighted by Crippen LogP contribution is 2.32. The van der Waals surface area contributed by atoms with Crippen molar-refractivity contribution in [3.05, 3.63) is 70.5 Å². The molecule has 2 atom stereocenters. The molecule has 164 valence electrons. The van der Waals surface area contributed by atoms with Crippen molar-refractivity contribution in [3.8, 4) is 17.3 Å². The molecular weight excluding hydrogens is 406 g/mol. The molecule has 1 aliphatic heterocycles. The van der Waals surface area contributed by atoms with Gasteiger partial charge in [-0.3, -0.25) is 9.78 Å². The molecule has 0 N–H and O–H groups in total. The normalized spacial score (nSPS) is 17.0. The highest BCUT2D eigenvalue weighted by Gasteiger charge is 2.23.